The number of carbonyl (C=O) groups is 1. The first-order valence-corrected chi connectivity index (χ1v) is 12.6. The first kappa shape index (κ1) is 27.3. The lowest BCUT2D eigenvalue weighted by atomic mass is 9.97. The Morgan fingerprint density at radius 1 is 1.35 bits per heavy atom. The van der Waals surface area contributed by atoms with Gasteiger partial charge in [-0.1, -0.05) is 5.92 Å². The summed E-state index contributed by atoms with van der Waals surface area (Å²) < 4.78 is 21.1. The lowest BCUT2D eigenvalue weighted by molar-refractivity contribution is -0.157. The molecule has 2 aliphatic heterocycles. The third-order valence-corrected chi connectivity index (χ3v) is 7.16. The van der Waals surface area contributed by atoms with Gasteiger partial charge >= 0.3 is 5.97 Å². The third-order valence-electron chi connectivity index (χ3n) is 7.16. The van der Waals surface area contributed by atoms with E-state index in [0.29, 0.717) is 52.2 Å². The quantitative estimate of drug-likeness (QED) is 0.105. The summed E-state index contributed by atoms with van der Waals surface area (Å²) >= 11 is 0. The molecular weight excluding hydrogens is 519 g/mol. The van der Waals surface area contributed by atoms with E-state index < -0.39 is 23.4 Å². The van der Waals surface area contributed by atoms with E-state index in [1.54, 1.807) is 30.2 Å². The van der Waals surface area contributed by atoms with Crippen LogP contribution in [0.4, 0.5) is 4.39 Å². The maximum atomic E-state index is 14.6. The highest BCUT2D eigenvalue weighted by atomic mass is 19.1. The summed E-state index contributed by atoms with van der Waals surface area (Å²) in [6.45, 7) is 2.58. The van der Waals surface area contributed by atoms with Crippen LogP contribution in [0.25, 0.3) is 22.3 Å². The fourth-order valence-electron chi connectivity index (χ4n) is 5.24. The molecule has 5 rings (SSSR count). The van der Waals surface area contributed by atoms with Gasteiger partial charge in [-0.2, -0.15) is 0 Å². The van der Waals surface area contributed by atoms with Gasteiger partial charge in [-0.15, -0.1) is 6.42 Å². The number of aromatic nitrogens is 2. The van der Waals surface area contributed by atoms with Gasteiger partial charge < -0.3 is 30.3 Å². The van der Waals surface area contributed by atoms with Crippen molar-refractivity contribution in [1.82, 2.24) is 19.5 Å². The van der Waals surface area contributed by atoms with Crippen LogP contribution in [-0.4, -0.2) is 61.9 Å². The minimum Gasteiger partial charge on any atom is -0.458 e. The van der Waals surface area contributed by atoms with Crippen LogP contribution < -0.4 is 17.1 Å². The molecule has 2 aliphatic rings. The van der Waals surface area contributed by atoms with E-state index >= 15 is 0 Å². The number of aryl methyl sites for hydroxylation is 1. The average molecular weight is 549 g/mol. The smallest absolute Gasteiger partial charge is 0.340 e. The predicted molar refractivity (Wildman–Crippen MR) is 144 cm³/mol. The van der Waals surface area contributed by atoms with Crippen molar-refractivity contribution in [2.45, 2.75) is 32.7 Å². The zero-order valence-electron chi connectivity index (χ0n) is 21.9. The van der Waals surface area contributed by atoms with Crippen molar-refractivity contribution in [3.05, 3.63) is 74.1 Å². The van der Waals surface area contributed by atoms with Crippen molar-refractivity contribution in [2.24, 2.45) is 11.6 Å². The summed E-state index contributed by atoms with van der Waals surface area (Å²) in [5.41, 5.74) is 9.66. The summed E-state index contributed by atoms with van der Waals surface area (Å²) in [6, 6.07) is 4.59. The predicted octanol–water partition coefficient (Wildman–Crippen LogP) is 0.366. The van der Waals surface area contributed by atoms with Gasteiger partial charge in [0.1, 0.15) is 12.4 Å². The highest BCUT2D eigenvalue weighted by Crippen LogP contribution is 2.38. The molecule has 11 nitrogen and oxygen atoms in total. The summed E-state index contributed by atoms with van der Waals surface area (Å²) in [6.07, 6.45) is 5.38. The second-order valence-corrected chi connectivity index (χ2v) is 9.92. The van der Waals surface area contributed by atoms with Crippen LogP contribution in [0.5, 0.6) is 0 Å². The number of carbonyl (C=O) groups excluding carboxylic acids is 1. The topological polar surface area (TPSA) is 160 Å². The number of halogens is 1. The van der Waals surface area contributed by atoms with Gasteiger partial charge in [-0.3, -0.25) is 9.69 Å². The van der Waals surface area contributed by atoms with Crippen molar-refractivity contribution in [2.75, 3.05) is 26.2 Å². The van der Waals surface area contributed by atoms with Gasteiger partial charge in [-0.05, 0) is 30.2 Å². The molecule has 6 N–H and O–H groups in total. The summed E-state index contributed by atoms with van der Waals surface area (Å²) in [5.74, 6) is 7.63. The van der Waals surface area contributed by atoms with Gasteiger partial charge in [0.2, 0.25) is 0 Å². The number of hydrogen-bond donors (Lipinski definition) is 4. The van der Waals surface area contributed by atoms with E-state index in [9.17, 15) is 24.2 Å². The van der Waals surface area contributed by atoms with Crippen LogP contribution in [-0.2, 0) is 29.2 Å². The maximum absolute atomic E-state index is 14.6. The fourth-order valence-corrected chi connectivity index (χ4v) is 5.24. The molecule has 1 unspecified atom stereocenters. The second kappa shape index (κ2) is 10.7. The highest BCUT2D eigenvalue weighted by molar-refractivity contribution is 5.89. The van der Waals surface area contributed by atoms with E-state index in [1.165, 1.54) is 15.6 Å². The number of esters is 1. The minimum atomic E-state index is -1.58. The van der Waals surface area contributed by atoms with Crippen molar-refractivity contribution in [3.8, 4) is 23.7 Å². The molecule has 1 atom stereocenters. The molecule has 40 heavy (non-hydrogen) atoms. The van der Waals surface area contributed by atoms with E-state index in [4.69, 9.17) is 27.7 Å². The molecule has 0 spiro atoms. The number of cyclic esters (lactones) is 1. The molecule has 0 bridgehead atoms. The molecule has 12 heteroatoms. The van der Waals surface area contributed by atoms with Crippen LogP contribution in [0.1, 0.15) is 33.9 Å². The van der Waals surface area contributed by atoms with Crippen LogP contribution in [0.3, 0.4) is 0 Å². The molecule has 0 saturated heterocycles. The Kier molecular flexibility index (Phi) is 7.31. The highest BCUT2D eigenvalue weighted by Gasteiger charge is 2.35. The molecule has 208 valence electrons. The van der Waals surface area contributed by atoms with Crippen LogP contribution in [0, 0.1) is 25.1 Å². The molecule has 0 fully saturated rings. The Bertz CT molecular complexity index is 1660. The lowest BCUT2D eigenvalue weighted by Gasteiger charge is -2.22. The number of pyridine rings is 2. The second-order valence-electron chi connectivity index (χ2n) is 9.92. The average Bonchev–Trinajstić information content (AvgIpc) is 3.26. The number of hydrogen-bond acceptors (Lipinski definition) is 10. The Morgan fingerprint density at radius 2 is 2.12 bits per heavy atom. The number of nitrogens with zero attached hydrogens (tertiary/aromatic N) is 4. The first-order chi connectivity index (χ1) is 19.1. The number of benzene rings is 1. The molecule has 0 radical (unpaired) electrons. The van der Waals surface area contributed by atoms with Crippen molar-refractivity contribution >= 4 is 16.9 Å². The Morgan fingerprint density at radius 3 is 2.85 bits per heavy atom. The summed E-state index contributed by atoms with van der Waals surface area (Å²) in [5, 5.41) is 21.7. The van der Waals surface area contributed by atoms with Crippen molar-refractivity contribution in [1.29, 1.82) is 0 Å². The normalized spacial score (nSPS) is 16.0. The largest absolute Gasteiger partial charge is 0.458 e. The number of aliphatic hydroxyl groups excluding tert-OH is 2. The Hall–Kier alpha value is -4.28. The summed E-state index contributed by atoms with van der Waals surface area (Å²) in [4.78, 5) is 31.8. The Labute approximate surface area is 229 Å². The lowest BCUT2D eigenvalue weighted by Crippen LogP contribution is -2.33. The van der Waals surface area contributed by atoms with Crippen molar-refractivity contribution < 1.29 is 24.1 Å². The molecule has 2 aromatic heterocycles. The number of ether oxygens (including phenoxy) is 1. The minimum absolute atomic E-state index is 0.0764. The monoisotopic (exact) mass is 548 g/mol. The SMILES string of the molecule is C#CCN(CCO)C/C(N)=C/N(N)Cc1c2c(nc3cc(F)c(C)cc13)-c1cc3c(c(=O)n1C2)COC(=O)C3O. The van der Waals surface area contributed by atoms with Gasteiger partial charge in [0.15, 0.2) is 6.10 Å². The fraction of sp³-hybridized carbons (Fsp3) is 0.321. The Balaban J connectivity index is 1.59. The number of fused-ring (bicyclic) bond motifs is 5. The molecule has 0 amide bonds. The molecule has 0 saturated carbocycles. The van der Waals surface area contributed by atoms with E-state index in [2.05, 4.69) is 5.92 Å². The van der Waals surface area contributed by atoms with E-state index in [-0.39, 0.29) is 44.0 Å². The molecule has 1 aromatic carbocycles. The van der Waals surface area contributed by atoms with Gasteiger partial charge in [0.25, 0.3) is 5.56 Å². The van der Waals surface area contributed by atoms with E-state index in [0.717, 1.165) is 5.56 Å². The zero-order chi connectivity index (χ0) is 28.7. The zero-order valence-corrected chi connectivity index (χ0v) is 21.9. The number of terminal acetylenes is 1. The van der Waals surface area contributed by atoms with Gasteiger partial charge in [-0.25, -0.2) is 20.0 Å². The molecular formula is C28H29FN6O5. The van der Waals surface area contributed by atoms with Gasteiger partial charge in [0.05, 0.1) is 48.7 Å². The molecule has 4 heterocycles. The van der Waals surface area contributed by atoms with Crippen molar-refractivity contribution in [3.63, 3.8) is 0 Å². The number of hydrazine groups is 1. The molecule has 0 aliphatic carbocycles. The van der Waals surface area contributed by atoms with Gasteiger partial charge in [0, 0.05) is 47.6 Å². The standard InChI is InChI=1S/C28H29FN6O5/c1-3-4-33(5-6-36)10-16(30)11-34(31)12-19-17-7-15(2)22(29)9-23(17)32-25-20(19)13-35-24(25)8-18-21(27(35)38)14-40-28(39)26(18)37/h1,7-9,11,26,36-37H,4-6,10,12-14,30-31H2,2H3/b16-11-. The maximum Gasteiger partial charge on any atom is 0.340 e. The number of rotatable bonds is 8. The molecule has 3 aromatic rings. The van der Waals surface area contributed by atoms with Crippen LogP contribution in [0.2, 0.25) is 0 Å². The van der Waals surface area contributed by atoms with Crippen LogP contribution in [0.15, 0.2) is 34.9 Å². The van der Waals surface area contributed by atoms with E-state index in [1.807, 2.05) is 0 Å². The van der Waals surface area contributed by atoms with Crippen LogP contribution >= 0.6 is 0 Å². The summed E-state index contributed by atoms with van der Waals surface area (Å²) in [7, 11) is 0. The third kappa shape index (κ3) is 4.80. The number of nitrogens with two attached hydrogens (primary N) is 2. The number of aliphatic hydroxyl groups is 2. The first-order valence-electron chi connectivity index (χ1n) is 12.6.